The zero-order valence-corrected chi connectivity index (χ0v) is 14.3. The van der Waals surface area contributed by atoms with Gasteiger partial charge in [0.2, 0.25) is 11.8 Å². The van der Waals surface area contributed by atoms with E-state index in [1.165, 1.54) is 4.90 Å². The highest BCUT2D eigenvalue weighted by atomic mass is 19.1. The fraction of sp³-hybridized carbons (Fsp3) is 0.500. The maximum Gasteiger partial charge on any atom is 0.255 e. The van der Waals surface area contributed by atoms with Gasteiger partial charge in [0.05, 0.1) is 6.04 Å². The third-order valence-electron chi connectivity index (χ3n) is 5.30. The number of amides is 3. The molecule has 0 radical (unpaired) electrons. The number of rotatable bonds is 4. The number of piperidine rings is 1. The van der Waals surface area contributed by atoms with Crippen LogP contribution in [0, 0.1) is 0 Å². The lowest BCUT2D eigenvalue weighted by Gasteiger charge is -2.29. The highest BCUT2D eigenvalue weighted by Crippen LogP contribution is 2.28. The molecule has 138 valence electrons. The number of imide groups is 1. The van der Waals surface area contributed by atoms with Gasteiger partial charge in [0.15, 0.2) is 0 Å². The van der Waals surface area contributed by atoms with Gasteiger partial charge in [0.1, 0.15) is 12.2 Å². The molecule has 26 heavy (non-hydrogen) atoms. The maximum atomic E-state index is 13.6. The molecule has 3 N–H and O–H groups in total. The first kappa shape index (κ1) is 17.1. The smallest absolute Gasteiger partial charge is 0.255 e. The summed E-state index contributed by atoms with van der Waals surface area (Å²) in [4.78, 5) is 37.7. The third kappa shape index (κ3) is 3.10. The number of alkyl halides is 1. The van der Waals surface area contributed by atoms with E-state index in [4.69, 9.17) is 0 Å². The second-order valence-electron chi connectivity index (χ2n) is 7.05. The summed E-state index contributed by atoms with van der Waals surface area (Å²) in [6.45, 7) is 1.80. The van der Waals surface area contributed by atoms with Crippen LogP contribution in [0.3, 0.4) is 0 Å². The van der Waals surface area contributed by atoms with Gasteiger partial charge in [-0.1, -0.05) is 12.1 Å². The third-order valence-corrected chi connectivity index (χ3v) is 5.30. The Morgan fingerprint density at radius 3 is 2.81 bits per heavy atom. The minimum Gasteiger partial charge on any atom is -0.322 e. The fourth-order valence-electron chi connectivity index (χ4n) is 3.81. The Hall–Kier alpha value is -2.32. The molecule has 3 amide bonds. The average molecular weight is 360 g/mol. The number of carbonyl (C=O) groups is 3. The second-order valence-corrected chi connectivity index (χ2v) is 7.05. The number of carbonyl (C=O) groups excluding carboxylic acids is 3. The van der Waals surface area contributed by atoms with Crippen LogP contribution in [0.1, 0.15) is 34.3 Å². The van der Waals surface area contributed by atoms with Crippen molar-refractivity contribution in [3.8, 4) is 0 Å². The van der Waals surface area contributed by atoms with Crippen LogP contribution in [0.4, 0.5) is 4.39 Å². The molecule has 3 aliphatic heterocycles. The van der Waals surface area contributed by atoms with Crippen LogP contribution in [-0.2, 0) is 22.7 Å². The SMILES string of the molecule is O=C1CCC(N2Cc3ccc(CN[C@H]4CNC[C@H]4F)cc3C2=O)C(=O)N1. The summed E-state index contributed by atoms with van der Waals surface area (Å²) in [7, 11) is 0. The quantitative estimate of drug-likeness (QED) is 0.650. The van der Waals surface area contributed by atoms with Crippen molar-refractivity contribution in [2.75, 3.05) is 13.1 Å². The van der Waals surface area contributed by atoms with Gasteiger partial charge in [-0.05, 0) is 23.6 Å². The van der Waals surface area contributed by atoms with Crippen LogP contribution < -0.4 is 16.0 Å². The molecule has 0 bridgehead atoms. The first-order valence-electron chi connectivity index (χ1n) is 8.87. The van der Waals surface area contributed by atoms with Gasteiger partial charge < -0.3 is 15.5 Å². The van der Waals surface area contributed by atoms with E-state index in [0.717, 1.165) is 11.1 Å². The van der Waals surface area contributed by atoms with Gasteiger partial charge >= 0.3 is 0 Å². The van der Waals surface area contributed by atoms with Crippen molar-refractivity contribution in [3.05, 3.63) is 34.9 Å². The topological polar surface area (TPSA) is 90.5 Å². The molecular weight excluding hydrogens is 339 g/mol. The Bertz CT molecular complexity index is 769. The molecule has 7 nitrogen and oxygen atoms in total. The number of benzene rings is 1. The van der Waals surface area contributed by atoms with Crippen LogP contribution in [0.25, 0.3) is 0 Å². The molecule has 1 aromatic carbocycles. The van der Waals surface area contributed by atoms with Gasteiger partial charge in [-0.3, -0.25) is 19.7 Å². The molecule has 0 saturated carbocycles. The van der Waals surface area contributed by atoms with E-state index < -0.39 is 18.1 Å². The molecule has 2 saturated heterocycles. The van der Waals surface area contributed by atoms with Gasteiger partial charge in [-0.2, -0.15) is 0 Å². The van der Waals surface area contributed by atoms with Crippen LogP contribution in [-0.4, -0.2) is 54.0 Å². The van der Waals surface area contributed by atoms with Crippen molar-refractivity contribution in [1.82, 2.24) is 20.9 Å². The number of nitrogens with one attached hydrogen (secondary N) is 3. The van der Waals surface area contributed by atoms with E-state index in [1.54, 1.807) is 0 Å². The summed E-state index contributed by atoms with van der Waals surface area (Å²) in [5.41, 5.74) is 2.35. The van der Waals surface area contributed by atoms with Crippen molar-refractivity contribution in [2.45, 2.75) is 44.2 Å². The molecule has 0 spiro atoms. The van der Waals surface area contributed by atoms with Crippen molar-refractivity contribution < 1.29 is 18.8 Å². The predicted octanol–water partition coefficient (Wildman–Crippen LogP) is -0.153. The summed E-state index contributed by atoms with van der Waals surface area (Å²) in [6, 6.07) is 4.79. The summed E-state index contributed by atoms with van der Waals surface area (Å²) >= 11 is 0. The number of halogens is 1. The van der Waals surface area contributed by atoms with E-state index >= 15 is 0 Å². The highest BCUT2D eigenvalue weighted by Gasteiger charge is 2.39. The first-order chi connectivity index (χ1) is 12.5. The predicted molar refractivity (Wildman–Crippen MR) is 90.9 cm³/mol. The Kier molecular flexibility index (Phi) is 4.46. The van der Waals surface area contributed by atoms with Crippen LogP contribution >= 0.6 is 0 Å². The molecular formula is C18H21FN4O3. The van der Waals surface area contributed by atoms with Crippen LogP contribution in [0.2, 0.25) is 0 Å². The normalized spacial score (nSPS) is 28.4. The van der Waals surface area contributed by atoms with Crippen molar-refractivity contribution in [3.63, 3.8) is 0 Å². The van der Waals surface area contributed by atoms with E-state index in [1.807, 2.05) is 18.2 Å². The van der Waals surface area contributed by atoms with E-state index in [-0.39, 0.29) is 24.3 Å². The lowest BCUT2D eigenvalue weighted by molar-refractivity contribution is -0.136. The molecule has 0 aromatic heterocycles. The first-order valence-corrected chi connectivity index (χ1v) is 8.87. The minimum absolute atomic E-state index is 0.192. The highest BCUT2D eigenvalue weighted by molar-refractivity contribution is 6.05. The molecule has 3 atom stereocenters. The Balaban J connectivity index is 1.45. The zero-order chi connectivity index (χ0) is 18.3. The fourth-order valence-corrected chi connectivity index (χ4v) is 3.81. The lowest BCUT2D eigenvalue weighted by Crippen LogP contribution is -2.52. The minimum atomic E-state index is -0.908. The van der Waals surface area contributed by atoms with Gasteiger partial charge in [0.25, 0.3) is 5.91 Å². The average Bonchev–Trinajstić information content (AvgIpc) is 3.17. The van der Waals surface area contributed by atoms with Crippen LogP contribution in [0.15, 0.2) is 18.2 Å². The molecule has 8 heteroatoms. The Morgan fingerprint density at radius 1 is 1.23 bits per heavy atom. The molecule has 0 aliphatic carbocycles. The summed E-state index contributed by atoms with van der Waals surface area (Å²) in [5.74, 6) is -0.898. The molecule has 1 unspecified atom stereocenters. The largest absolute Gasteiger partial charge is 0.322 e. The standard InChI is InChI=1S/C18H21FN4O3/c19-13-7-20-8-14(13)21-6-10-1-2-11-9-23(18(26)12(11)5-10)15-3-4-16(24)22-17(15)25/h1-2,5,13-15,20-21H,3-4,6-9H2,(H,22,24,25)/t13-,14+,15?/m1/s1. The maximum absolute atomic E-state index is 13.6. The van der Waals surface area contributed by atoms with Gasteiger partial charge in [-0.15, -0.1) is 0 Å². The second kappa shape index (κ2) is 6.77. The number of fused-ring (bicyclic) bond motifs is 1. The molecule has 4 rings (SSSR count). The molecule has 3 aliphatic rings. The molecule has 3 heterocycles. The summed E-state index contributed by atoms with van der Waals surface area (Å²) < 4.78 is 13.6. The number of nitrogens with zero attached hydrogens (tertiary/aromatic N) is 1. The molecule has 2 fully saturated rings. The summed E-state index contributed by atoms with van der Waals surface area (Å²) in [6.07, 6.45) is -0.314. The monoisotopic (exact) mass is 360 g/mol. The van der Waals surface area contributed by atoms with Crippen molar-refractivity contribution in [1.29, 1.82) is 0 Å². The van der Waals surface area contributed by atoms with Crippen molar-refractivity contribution in [2.24, 2.45) is 0 Å². The lowest BCUT2D eigenvalue weighted by atomic mass is 10.0. The van der Waals surface area contributed by atoms with Crippen LogP contribution in [0.5, 0.6) is 0 Å². The van der Waals surface area contributed by atoms with Gasteiger partial charge in [-0.25, -0.2) is 4.39 Å². The van der Waals surface area contributed by atoms with Gasteiger partial charge in [0, 0.05) is 38.2 Å². The Morgan fingerprint density at radius 2 is 2.08 bits per heavy atom. The Labute approximate surface area is 150 Å². The molecule has 1 aromatic rings. The zero-order valence-electron chi connectivity index (χ0n) is 14.3. The number of hydrogen-bond acceptors (Lipinski definition) is 5. The number of hydrogen-bond donors (Lipinski definition) is 3. The van der Waals surface area contributed by atoms with Crippen molar-refractivity contribution >= 4 is 17.7 Å². The summed E-state index contributed by atoms with van der Waals surface area (Å²) in [5, 5.41) is 8.47. The van der Waals surface area contributed by atoms with E-state index in [0.29, 0.717) is 38.2 Å². The van der Waals surface area contributed by atoms with E-state index in [9.17, 15) is 18.8 Å². The van der Waals surface area contributed by atoms with E-state index in [2.05, 4.69) is 16.0 Å².